The number of hydrogen-bond acceptors (Lipinski definition) is 4. The highest BCUT2D eigenvalue weighted by Gasteiger charge is 2.08. The van der Waals surface area contributed by atoms with Crippen LogP contribution in [-0.2, 0) is 0 Å². The van der Waals surface area contributed by atoms with Gasteiger partial charge >= 0.3 is 0 Å². The molecular weight excluding hydrogens is 240 g/mol. The van der Waals surface area contributed by atoms with Crippen molar-refractivity contribution in [2.45, 2.75) is 6.92 Å². The Bertz CT molecular complexity index is 748. The van der Waals surface area contributed by atoms with Crippen LogP contribution in [0.4, 0.5) is 5.95 Å². The molecule has 0 aliphatic rings. The third kappa shape index (κ3) is 1.99. The number of ether oxygens (including phenoxy) is 1. The summed E-state index contributed by atoms with van der Waals surface area (Å²) in [5.41, 5.74) is 9.55. The van der Waals surface area contributed by atoms with Crippen LogP contribution >= 0.6 is 0 Å². The molecule has 0 saturated carbocycles. The van der Waals surface area contributed by atoms with Crippen molar-refractivity contribution in [3.8, 4) is 16.9 Å². The van der Waals surface area contributed by atoms with Crippen LogP contribution in [0.25, 0.3) is 16.8 Å². The van der Waals surface area contributed by atoms with Gasteiger partial charge in [-0.3, -0.25) is 0 Å². The van der Waals surface area contributed by atoms with Gasteiger partial charge in [-0.15, -0.1) is 5.10 Å². The lowest BCUT2D eigenvalue weighted by Crippen LogP contribution is -1.91. The van der Waals surface area contributed by atoms with Crippen molar-refractivity contribution in [3.63, 3.8) is 0 Å². The lowest BCUT2D eigenvalue weighted by Gasteiger charge is -2.09. The predicted octanol–water partition coefficient (Wildman–Crippen LogP) is 2.30. The molecule has 0 saturated heterocycles. The fourth-order valence-electron chi connectivity index (χ4n) is 2.11. The van der Waals surface area contributed by atoms with Gasteiger partial charge in [-0.1, -0.05) is 11.6 Å². The Kier molecular flexibility index (Phi) is 2.59. The first-order valence-corrected chi connectivity index (χ1v) is 5.94. The normalized spacial score (nSPS) is 10.8. The molecule has 0 radical (unpaired) electrons. The van der Waals surface area contributed by atoms with Gasteiger partial charge in [0.25, 0.3) is 0 Å². The van der Waals surface area contributed by atoms with Crippen LogP contribution in [0.1, 0.15) is 5.56 Å². The average Bonchev–Trinajstić information content (AvgIpc) is 2.77. The number of benzene rings is 1. The van der Waals surface area contributed by atoms with Gasteiger partial charge < -0.3 is 10.5 Å². The van der Waals surface area contributed by atoms with E-state index in [0.717, 1.165) is 22.5 Å². The zero-order chi connectivity index (χ0) is 13.4. The molecule has 0 fully saturated rings. The first-order valence-electron chi connectivity index (χ1n) is 5.94. The number of nitrogens with two attached hydrogens (primary N) is 1. The maximum absolute atomic E-state index is 5.59. The molecule has 0 unspecified atom stereocenters. The Hall–Kier alpha value is -2.56. The third-order valence-electron chi connectivity index (χ3n) is 3.02. The van der Waals surface area contributed by atoms with Crippen LogP contribution in [0, 0.1) is 6.92 Å². The van der Waals surface area contributed by atoms with Gasteiger partial charge in [0.1, 0.15) is 5.75 Å². The molecule has 0 atom stereocenters. The van der Waals surface area contributed by atoms with Gasteiger partial charge in [0.15, 0.2) is 5.65 Å². The highest BCUT2D eigenvalue weighted by Crippen LogP contribution is 2.31. The lowest BCUT2D eigenvalue weighted by atomic mass is 10.0. The lowest BCUT2D eigenvalue weighted by molar-refractivity contribution is 0.416. The Morgan fingerprint density at radius 2 is 2.05 bits per heavy atom. The molecule has 0 spiro atoms. The smallest absolute Gasteiger partial charge is 0.240 e. The average molecular weight is 254 g/mol. The highest BCUT2D eigenvalue weighted by atomic mass is 16.5. The molecule has 0 aliphatic carbocycles. The van der Waals surface area contributed by atoms with Gasteiger partial charge in [0.2, 0.25) is 5.95 Å². The Morgan fingerprint density at radius 3 is 2.84 bits per heavy atom. The number of anilines is 1. The molecule has 0 aliphatic heterocycles. The van der Waals surface area contributed by atoms with Crippen molar-refractivity contribution < 1.29 is 4.74 Å². The molecule has 3 aromatic rings. The number of rotatable bonds is 2. The van der Waals surface area contributed by atoms with E-state index < -0.39 is 0 Å². The largest absolute Gasteiger partial charge is 0.496 e. The second-order valence-corrected chi connectivity index (χ2v) is 4.39. The minimum atomic E-state index is 0.272. The summed E-state index contributed by atoms with van der Waals surface area (Å²) in [7, 11) is 1.67. The van der Waals surface area contributed by atoms with Crippen molar-refractivity contribution in [1.82, 2.24) is 14.6 Å². The van der Waals surface area contributed by atoms with Crippen LogP contribution in [0.2, 0.25) is 0 Å². The SMILES string of the molecule is COc1ccc(C)cc1-c1ccn2nc(N)nc2c1. The van der Waals surface area contributed by atoms with E-state index in [4.69, 9.17) is 10.5 Å². The molecule has 0 amide bonds. The fourth-order valence-corrected chi connectivity index (χ4v) is 2.11. The second kappa shape index (κ2) is 4.28. The molecule has 19 heavy (non-hydrogen) atoms. The maximum Gasteiger partial charge on any atom is 0.240 e. The van der Waals surface area contributed by atoms with Gasteiger partial charge in [-0.2, -0.15) is 4.98 Å². The summed E-state index contributed by atoms with van der Waals surface area (Å²) in [5, 5.41) is 4.06. The van der Waals surface area contributed by atoms with Gasteiger partial charge in [-0.25, -0.2) is 4.52 Å². The highest BCUT2D eigenvalue weighted by molar-refractivity contribution is 5.73. The van der Waals surface area contributed by atoms with E-state index in [1.54, 1.807) is 11.6 Å². The molecular formula is C14H14N4O. The van der Waals surface area contributed by atoms with Crippen LogP contribution < -0.4 is 10.5 Å². The molecule has 2 heterocycles. The van der Waals surface area contributed by atoms with E-state index in [9.17, 15) is 0 Å². The van der Waals surface area contributed by atoms with Gasteiger partial charge in [0.05, 0.1) is 7.11 Å². The van der Waals surface area contributed by atoms with Crippen molar-refractivity contribution in [3.05, 3.63) is 42.1 Å². The molecule has 5 heteroatoms. The van der Waals surface area contributed by atoms with Crippen LogP contribution in [0.15, 0.2) is 36.5 Å². The summed E-state index contributed by atoms with van der Waals surface area (Å²) >= 11 is 0. The van der Waals surface area contributed by atoms with E-state index >= 15 is 0 Å². The number of aromatic nitrogens is 3. The van der Waals surface area contributed by atoms with Crippen molar-refractivity contribution in [2.24, 2.45) is 0 Å². The molecule has 0 bridgehead atoms. The Balaban J connectivity index is 2.20. The minimum Gasteiger partial charge on any atom is -0.496 e. The fraction of sp³-hybridized carbons (Fsp3) is 0.143. The van der Waals surface area contributed by atoms with Crippen molar-refractivity contribution in [2.75, 3.05) is 12.8 Å². The molecule has 3 rings (SSSR count). The number of fused-ring (bicyclic) bond motifs is 1. The molecule has 5 nitrogen and oxygen atoms in total. The first kappa shape index (κ1) is 11.5. The van der Waals surface area contributed by atoms with Crippen molar-refractivity contribution >= 4 is 11.6 Å². The van der Waals surface area contributed by atoms with Gasteiger partial charge in [0, 0.05) is 11.8 Å². The summed E-state index contributed by atoms with van der Waals surface area (Å²) in [6, 6.07) is 9.99. The van der Waals surface area contributed by atoms with E-state index in [2.05, 4.69) is 23.1 Å². The number of methoxy groups -OCH3 is 1. The summed E-state index contributed by atoms with van der Waals surface area (Å²) < 4.78 is 7.06. The predicted molar refractivity (Wildman–Crippen MR) is 74.1 cm³/mol. The van der Waals surface area contributed by atoms with Crippen LogP contribution in [-0.4, -0.2) is 21.7 Å². The topological polar surface area (TPSA) is 65.4 Å². The molecule has 2 aromatic heterocycles. The third-order valence-corrected chi connectivity index (χ3v) is 3.02. The number of nitrogen functional groups attached to an aromatic ring is 1. The zero-order valence-corrected chi connectivity index (χ0v) is 10.8. The quantitative estimate of drug-likeness (QED) is 0.762. The van der Waals surface area contributed by atoms with E-state index in [1.165, 1.54) is 5.56 Å². The molecule has 2 N–H and O–H groups in total. The second-order valence-electron chi connectivity index (χ2n) is 4.39. The molecule has 96 valence electrons. The number of hydrogen-bond donors (Lipinski definition) is 1. The summed E-state index contributed by atoms with van der Waals surface area (Å²) in [5.74, 6) is 1.11. The maximum atomic E-state index is 5.59. The van der Waals surface area contributed by atoms with E-state index in [1.807, 2.05) is 30.5 Å². The minimum absolute atomic E-state index is 0.272. The summed E-state index contributed by atoms with van der Waals surface area (Å²) in [6.45, 7) is 2.05. The van der Waals surface area contributed by atoms with E-state index in [-0.39, 0.29) is 5.95 Å². The van der Waals surface area contributed by atoms with Gasteiger partial charge in [-0.05, 0) is 36.8 Å². The summed E-state index contributed by atoms with van der Waals surface area (Å²) in [4.78, 5) is 4.17. The van der Waals surface area contributed by atoms with Crippen LogP contribution in [0.3, 0.4) is 0 Å². The number of nitrogens with zero attached hydrogens (tertiary/aromatic N) is 3. The Labute approximate surface area is 110 Å². The van der Waals surface area contributed by atoms with E-state index in [0.29, 0.717) is 0 Å². The summed E-state index contributed by atoms with van der Waals surface area (Å²) in [6.07, 6.45) is 1.84. The molecule has 1 aromatic carbocycles. The number of pyridine rings is 1. The van der Waals surface area contributed by atoms with Crippen molar-refractivity contribution in [1.29, 1.82) is 0 Å². The monoisotopic (exact) mass is 254 g/mol. The standard InChI is InChI=1S/C14H14N4O/c1-9-3-4-12(19-2)11(7-9)10-5-6-18-13(8-10)16-14(15)17-18/h3-8H,1-2H3,(H2,15,17). The zero-order valence-electron chi connectivity index (χ0n) is 10.8. The Morgan fingerprint density at radius 1 is 1.21 bits per heavy atom. The first-order chi connectivity index (χ1) is 9.17. The van der Waals surface area contributed by atoms with Crippen LogP contribution in [0.5, 0.6) is 5.75 Å². The number of aryl methyl sites for hydroxylation is 1.